The summed E-state index contributed by atoms with van der Waals surface area (Å²) >= 11 is 0. The van der Waals surface area contributed by atoms with Crippen molar-refractivity contribution in [3.63, 3.8) is 0 Å². The summed E-state index contributed by atoms with van der Waals surface area (Å²) in [6.07, 6.45) is -2.95. The molecule has 424 valence electrons. The molecule has 0 aromatic heterocycles. The number of nitrogens with one attached hydrogen (secondary N) is 2. The molecule has 19 heteroatoms. The summed E-state index contributed by atoms with van der Waals surface area (Å²) in [6, 6.07) is 6.52. The number of rotatable bonds is 15. The summed E-state index contributed by atoms with van der Waals surface area (Å²) < 4.78 is 67.3. The van der Waals surface area contributed by atoms with Gasteiger partial charge in [-0.1, -0.05) is 39.8 Å². The van der Waals surface area contributed by atoms with Crippen LogP contribution in [0.3, 0.4) is 0 Å². The number of hydrazine groups is 2. The van der Waals surface area contributed by atoms with Crippen LogP contribution >= 0.6 is 0 Å². The van der Waals surface area contributed by atoms with Crippen LogP contribution in [0.5, 0.6) is 0 Å². The van der Waals surface area contributed by atoms with E-state index in [0.717, 1.165) is 23.4 Å². The van der Waals surface area contributed by atoms with E-state index in [0.29, 0.717) is 45.4 Å². The van der Waals surface area contributed by atoms with E-state index >= 15 is 0 Å². The van der Waals surface area contributed by atoms with Gasteiger partial charge in [0.2, 0.25) is 0 Å². The number of aliphatic hydroxyl groups excluding tert-OH is 2. The molecule has 17 nitrogen and oxygen atoms in total. The maximum absolute atomic E-state index is 14.9. The molecular formula is C55H94F2N6O11. The number of ether oxygens (including phenoxy) is 6. The fourth-order valence-electron chi connectivity index (χ4n) is 13.0. The van der Waals surface area contributed by atoms with Gasteiger partial charge < -0.3 is 69.0 Å². The molecule has 0 bridgehead atoms. The summed E-state index contributed by atoms with van der Waals surface area (Å²) in [6.45, 7) is 19.8. The van der Waals surface area contributed by atoms with Gasteiger partial charge in [-0.05, 0) is 111 Å². The summed E-state index contributed by atoms with van der Waals surface area (Å²) in [4.78, 5) is 20.9. The van der Waals surface area contributed by atoms with Crippen molar-refractivity contribution in [2.75, 3.05) is 66.1 Å². The van der Waals surface area contributed by atoms with Crippen LogP contribution < -0.4 is 15.9 Å². The number of methoxy groups -OCH3 is 2. The zero-order chi connectivity index (χ0) is 54.6. The highest BCUT2D eigenvalue weighted by molar-refractivity contribution is 5.73. The monoisotopic (exact) mass is 1050 g/mol. The van der Waals surface area contributed by atoms with Crippen molar-refractivity contribution in [1.82, 2.24) is 25.8 Å². The van der Waals surface area contributed by atoms with Crippen LogP contribution in [0.15, 0.2) is 36.2 Å². The predicted octanol–water partition coefficient (Wildman–Crippen LogP) is 5.40. The minimum absolute atomic E-state index is 0.0171. The average molecular weight is 1050 g/mol. The molecule has 1 aromatic rings. The van der Waals surface area contributed by atoms with E-state index in [4.69, 9.17) is 28.4 Å². The fourth-order valence-corrected chi connectivity index (χ4v) is 13.0. The van der Waals surface area contributed by atoms with Crippen LogP contribution in [0.4, 0.5) is 14.5 Å². The van der Waals surface area contributed by atoms with Crippen molar-refractivity contribution in [2.24, 2.45) is 23.7 Å². The second kappa shape index (κ2) is 25.3. The lowest BCUT2D eigenvalue weighted by molar-refractivity contribution is -0.275. The van der Waals surface area contributed by atoms with Crippen molar-refractivity contribution in [2.45, 2.75) is 210 Å². The molecule has 5 aliphatic rings. The Labute approximate surface area is 440 Å². The van der Waals surface area contributed by atoms with Gasteiger partial charge in [0.1, 0.15) is 48.9 Å². The highest BCUT2D eigenvalue weighted by Gasteiger charge is 2.54. The number of halogens is 2. The van der Waals surface area contributed by atoms with Gasteiger partial charge in [0.15, 0.2) is 6.29 Å². The second-order valence-corrected chi connectivity index (χ2v) is 23.5. The van der Waals surface area contributed by atoms with Gasteiger partial charge in [-0.3, -0.25) is 9.80 Å². The number of carbonyl (C=O) groups excluding carboxylic acids is 1. The third-order valence-electron chi connectivity index (χ3n) is 17.6. The molecule has 74 heavy (non-hydrogen) atoms. The van der Waals surface area contributed by atoms with Gasteiger partial charge in [-0.25, -0.2) is 8.78 Å². The Morgan fingerprint density at radius 1 is 0.973 bits per heavy atom. The Balaban J connectivity index is 1.22. The molecular weight excluding hydrogens is 959 g/mol. The Bertz CT molecular complexity index is 1980. The molecule has 3 unspecified atom stereocenters. The van der Waals surface area contributed by atoms with Gasteiger partial charge in [-0.2, -0.15) is 0 Å². The number of carbonyl (C=O) groups is 1. The Hall–Kier alpha value is -2.79. The molecule has 1 aromatic carbocycles. The van der Waals surface area contributed by atoms with E-state index in [9.17, 15) is 34.0 Å². The molecule has 4 fully saturated rings. The molecule has 0 saturated carbocycles. The van der Waals surface area contributed by atoms with Gasteiger partial charge in [0.25, 0.3) is 0 Å². The topological polar surface area (TPSA) is 190 Å². The van der Waals surface area contributed by atoms with Gasteiger partial charge in [0.05, 0.1) is 41.5 Å². The van der Waals surface area contributed by atoms with Crippen LogP contribution in [0.1, 0.15) is 126 Å². The number of likely N-dealkylation sites (N-methyl/N-ethyl adjacent to an activating group) is 1. The summed E-state index contributed by atoms with van der Waals surface area (Å²) in [5.41, 5.74) is 4.66. The molecule has 0 amide bonds. The van der Waals surface area contributed by atoms with E-state index in [1.807, 2.05) is 81.9 Å². The zero-order valence-electron chi connectivity index (χ0n) is 46.9. The van der Waals surface area contributed by atoms with Gasteiger partial charge in [-0.15, -0.1) is 5.53 Å². The molecule has 20 atom stereocenters. The number of hydrogen-bond donors (Lipinski definition) is 6. The number of esters is 1. The Morgan fingerprint density at radius 2 is 1.66 bits per heavy atom. The first-order valence-corrected chi connectivity index (χ1v) is 27.3. The normalized spacial score (nSPS) is 41.3. The number of aliphatic hydroxyl groups is 4. The van der Waals surface area contributed by atoms with Gasteiger partial charge in [0, 0.05) is 95.2 Å². The molecule has 5 heterocycles. The van der Waals surface area contributed by atoms with Crippen LogP contribution in [0, 0.1) is 23.7 Å². The van der Waals surface area contributed by atoms with E-state index in [2.05, 4.69) is 22.9 Å². The lowest BCUT2D eigenvalue weighted by Gasteiger charge is -2.51. The first kappa shape index (κ1) is 60.4. The lowest BCUT2D eigenvalue weighted by Crippen LogP contribution is -2.61. The minimum Gasteiger partial charge on any atom is -0.459 e. The molecule has 5 aliphatic heterocycles. The van der Waals surface area contributed by atoms with Gasteiger partial charge >= 0.3 is 5.97 Å². The number of hydrogen-bond acceptors (Lipinski definition) is 17. The second-order valence-electron chi connectivity index (χ2n) is 23.5. The number of nitrogens with zero attached hydrogens (tertiary/aromatic N) is 4. The van der Waals surface area contributed by atoms with E-state index in [1.165, 1.54) is 6.92 Å². The van der Waals surface area contributed by atoms with Crippen molar-refractivity contribution in [3.8, 4) is 0 Å². The van der Waals surface area contributed by atoms with Crippen molar-refractivity contribution < 1.29 is 62.4 Å². The van der Waals surface area contributed by atoms with E-state index in [1.54, 1.807) is 46.9 Å². The van der Waals surface area contributed by atoms with Crippen LogP contribution in [-0.4, -0.2) is 192 Å². The molecule has 0 radical (unpaired) electrons. The Kier molecular flexibility index (Phi) is 20.7. The summed E-state index contributed by atoms with van der Waals surface area (Å²) in [5, 5.41) is 49.6. The third-order valence-corrected chi connectivity index (χ3v) is 17.6. The molecule has 0 aliphatic carbocycles. The third kappa shape index (κ3) is 13.7. The van der Waals surface area contributed by atoms with Crippen molar-refractivity contribution in [3.05, 3.63) is 41.7 Å². The molecule has 0 spiro atoms. The van der Waals surface area contributed by atoms with Crippen molar-refractivity contribution >= 4 is 11.7 Å². The largest absolute Gasteiger partial charge is 0.459 e. The number of cyclic esters (lactones) is 1. The van der Waals surface area contributed by atoms with E-state index in [-0.39, 0.29) is 37.3 Å². The minimum atomic E-state index is -1.80. The first-order valence-electron chi connectivity index (χ1n) is 27.3. The molecule has 6 N–H and O–H groups in total. The molecule has 6 rings (SSSR count). The lowest BCUT2D eigenvalue weighted by atomic mass is 9.68. The predicted molar refractivity (Wildman–Crippen MR) is 279 cm³/mol. The Morgan fingerprint density at radius 3 is 2.27 bits per heavy atom. The number of anilines is 1. The number of benzene rings is 1. The highest BCUT2D eigenvalue weighted by atomic mass is 19.1. The SMILES string of the molecule is CC[C@H]1OC(=O)[C@H](C)[C@@H](C2C[C@@](C)(OC)[C@@H](O)[C@H](C)O2)[C@H](C)[C@@H](O[C@H]2CC(N(C)CCC3=CN([C@H](CF)[C@H](OC)c4ccc(N5CC[C@@H](F)C5)cc4)NN3)C[C@@H](C)O2)[C@](C)(O)C[C@@H](C)CN(C)[C@H](C)C(O)[C@]1(C)O. The smallest absolute Gasteiger partial charge is 0.309 e. The standard InChI is InChI=1S/C55H94F2N6O11/c1-15-45-55(10,68)49(64)36(6)61(12)29-32(2)26-53(8,67)51(34(4)47(35(5)52(66)73-45)44-27-54(9,70-14)50(65)37(7)72-44)74-46-25-42(24-33(3)71-46)60(11)22-21-40-31-63(59-58-40)43(28-56)48(69-13)38-16-18-41(19-17-38)62-23-20-39(57)30-62/h16-19,31-37,39,42-51,58-59,64-65,67-68H,15,20-30H2,1-14H3/t32-,33-,34+,35-,36-,37+,39-,42?,43-,44?,45-,46+,47+,48-,49?,50+,51-,53-,54-,55-/m1/s1. The fraction of sp³-hybridized carbons (Fsp3) is 0.836. The number of alkyl halides is 2. The van der Waals surface area contributed by atoms with Crippen molar-refractivity contribution in [1.29, 1.82) is 0 Å². The van der Waals surface area contributed by atoms with Crippen LogP contribution in [-0.2, 0) is 33.2 Å². The average Bonchev–Trinajstić information content (AvgIpc) is 4.02. The highest BCUT2D eigenvalue weighted by Crippen LogP contribution is 2.45. The maximum atomic E-state index is 14.9. The summed E-state index contributed by atoms with van der Waals surface area (Å²) in [7, 11) is 7.06. The first-order chi connectivity index (χ1) is 34.8. The van der Waals surface area contributed by atoms with Crippen LogP contribution in [0.2, 0.25) is 0 Å². The quantitative estimate of drug-likeness (QED) is 0.122. The molecule has 4 saturated heterocycles. The van der Waals surface area contributed by atoms with E-state index < -0.39 is 114 Å². The summed E-state index contributed by atoms with van der Waals surface area (Å²) in [5.74, 6) is -2.85. The maximum Gasteiger partial charge on any atom is 0.309 e. The van der Waals surface area contributed by atoms with Crippen LogP contribution in [0.25, 0.3) is 0 Å². The zero-order valence-corrected chi connectivity index (χ0v) is 46.9.